The zero-order valence-corrected chi connectivity index (χ0v) is 16.2. The number of nitrogens with two attached hydrogens (primary N) is 1. The van der Waals surface area contributed by atoms with E-state index in [1.807, 2.05) is 0 Å². The van der Waals surface area contributed by atoms with Crippen LogP contribution in [0.5, 0.6) is 0 Å². The maximum atomic E-state index is 12.4. The third-order valence-electron chi connectivity index (χ3n) is 5.62. The number of carboxylic acids is 1. The molecule has 5 atom stereocenters. The first kappa shape index (κ1) is 19.2. The topological polar surface area (TPSA) is 107 Å². The molecule has 1 saturated carbocycles. The first-order valence-corrected chi connectivity index (χ1v) is 10.2. The molecule has 0 spiro atoms. The third-order valence-corrected chi connectivity index (χ3v) is 6.71. The van der Waals surface area contributed by atoms with E-state index < -0.39 is 23.3 Å². The van der Waals surface area contributed by atoms with Gasteiger partial charge in [-0.2, -0.15) is 4.98 Å². The van der Waals surface area contributed by atoms with Crippen LogP contribution in [-0.2, 0) is 9.53 Å². The van der Waals surface area contributed by atoms with Crippen molar-refractivity contribution in [3.8, 4) is 0 Å². The van der Waals surface area contributed by atoms with E-state index in [1.54, 1.807) is 6.20 Å². The highest BCUT2D eigenvalue weighted by molar-refractivity contribution is 8.00. The molecule has 1 aliphatic carbocycles. The molecule has 2 aliphatic rings. The zero-order chi connectivity index (χ0) is 19.0. The molecule has 7 nitrogen and oxygen atoms in total. The summed E-state index contributed by atoms with van der Waals surface area (Å²) >= 11 is 1.17. The van der Waals surface area contributed by atoms with Crippen molar-refractivity contribution in [2.45, 2.75) is 57.6 Å². The Morgan fingerprint density at radius 1 is 1.46 bits per heavy atom. The molecule has 3 rings (SSSR count). The van der Waals surface area contributed by atoms with Gasteiger partial charge in [0.2, 0.25) is 5.44 Å². The van der Waals surface area contributed by atoms with Crippen LogP contribution in [0, 0.1) is 17.8 Å². The number of ether oxygens (including phenoxy) is 1. The van der Waals surface area contributed by atoms with Crippen LogP contribution in [0.1, 0.15) is 57.7 Å². The number of carbonyl (C=O) groups is 1. The van der Waals surface area contributed by atoms with E-state index in [1.165, 1.54) is 22.7 Å². The van der Waals surface area contributed by atoms with E-state index >= 15 is 0 Å². The molecule has 2 unspecified atom stereocenters. The molecule has 1 aromatic rings. The molecule has 0 amide bonds. The van der Waals surface area contributed by atoms with Gasteiger partial charge >= 0.3 is 11.7 Å². The van der Waals surface area contributed by atoms with Gasteiger partial charge in [0, 0.05) is 17.5 Å². The summed E-state index contributed by atoms with van der Waals surface area (Å²) in [6.45, 7) is 6.69. The minimum Gasteiger partial charge on any atom is -0.479 e. The maximum Gasteiger partial charge on any atom is 0.351 e. The highest BCUT2D eigenvalue weighted by Crippen LogP contribution is 2.45. The smallest absolute Gasteiger partial charge is 0.351 e. The molecule has 2 heterocycles. The second-order valence-electron chi connectivity index (χ2n) is 7.80. The normalized spacial score (nSPS) is 32.1. The van der Waals surface area contributed by atoms with Gasteiger partial charge in [-0.25, -0.2) is 9.59 Å². The highest BCUT2D eigenvalue weighted by atomic mass is 32.2. The third kappa shape index (κ3) is 3.76. The Balaban J connectivity index is 1.95. The lowest BCUT2D eigenvalue weighted by Crippen LogP contribution is -2.33. The van der Waals surface area contributed by atoms with Gasteiger partial charge in [0.05, 0.1) is 0 Å². The van der Waals surface area contributed by atoms with E-state index in [2.05, 4.69) is 25.8 Å². The second kappa shape index (κ2) is 7.60. The Morgan fingerprint density at radius 3 is 2.81 bits per heavy atom. The minimum absolute atomic E-state index is 0.252. The van der Waals surface area contributed by atoms with Crippen molar-refractivity contribution in [2.24, 2.45) is 17.8 Å². The molecule has 144 valence electrons. The van der Waals surface area contributed by atoms with Crippen molar-refractivity contribution in [2.75, 3.05) is 11.5 Å². The Morgan fingerprint density at radius 2 is 2.19 bits per heavy atom. The van der Waals surface area contributed by atoms with Crippen LogP contribution < -0.4 is 11.4 Å². The van der Waals surface area contributed by atoms with Crippen molar-refractivity contribution in [1.29, 1.82) is 0 Å². The number of hydrogen-bond acceptors (Lipinski definition) is 6. The molecule has 8 heteroatoms. The van der Waals surface area contributed by atoms with Crippen LogP contribution in [0.4, 0.5) is 5.82 Å². The summed E-state index contributed by atoms with van der Waals surface area (Å²) in [6, 6.07) is 0. The summed E-state index contributed by atoms with van der Waals surface area (Å²) in [7, 11) is 0. The van der Waals surface area contributed by atoms with E-state index in [4.69, 9.17) is 15.6 Å². The summed E-state index contributed by atoms with van der Waals surface area (Å²) in [4.78, 5) is 27.5. The lowest BCUT2D eigenvalue weighted by molar-refractivity contribution is -0.147. The first-order valence-electron chi connectivity index (χ1n) is 9.16. The van der Waals surface area contributed by atoms with E-state index in [0.717, 1.165) is 18.4 Å². The Hall–Kier alpha value is -1.54. The average Bonchev–Trinajstić information content (AvgIpc) is 3.04. The Bertz CT molecular complexity index is 736. The summed E-state index contributed by atoms with van der Waals surface area (Å²) < 4.78 is 6.93. The largest absolute Gasteiger partial charge is 0.479 e. The molecular weight excluding hydrogens is 354 g/mol. The van der Waals surface area contributed by atoms with Crippen molar-refractivity contribution < 1.29 is 14.6 Å². The van der Waals surface area contributed by atoms with Crippen LogP contribution in [0.25, 0.3) is 0 Å². The SMILES string of the molecule is CC(C)C1CC[C@H](C)CC1c1cn([C@@H]2CS[C@H](C(=O)O)O2)c(=O)nc1N. The number of carboxylic acid groups (broad SMARTS) is 1. The van der Waals surface area contributed by atoms with E-state index in [-0.39, 0.29) is 11.7 Å². The van der Waals surface area contributed by atoms with Crippen molar-refractivity contribution in [1.82, 2.24) is 9.55 Å². The minimum atomic E-state index is -1.03. The predicted molar refractivity (Wildman–Crippen MR) is 101 cm³/mol. The van der Waals surface area contributed by atoms with Gasteiger partial charge in [-0.05, 0) is 36.5 Å². The molecule has 26 heavy (non-hydrogen) atoms. The molecule has 0 bridgehead atoms. The molecule has 0 aromatic carbocycles. The summed E-state index contributed by atoms with van der Waals surface area (Å²) in [5, 5.41) is 9.11. The molecular formula is C18H27N3O4S. The summed E-state index contributed by atoms with van der Waals surface area (Å²) in [6.07, 6.45) is 4.50. The standard InChI is InChI=1S/C18H27N3O4S/c1-9(2)11-5-4-10(3)6-12(11)13-7-21(18(24)20-15(13)19)14-8-26-17(25-14)16(22)23/h7,9-12,14,17H,4-6,8H2,1-3H3,(H,22,23)(H2,19,20,24)/t10-,11?,12?,14-,17+/m0/s1. The fourth-order valence-electron chi connectivity index (χ4n) is 4.21. The van der Waals surface area contributed by atoms with E-state index in [9.17, 15) is 9.59 Å². The van der Waals surface area contributed by atoms with E-state index in [0.29, 0.717) is 23.5 Å². The number of nitrogen functional groups attached to an aromatic ring is 1. The zero-order valence-electron chi connectivity index (χ0n) is 15.4. The van der Waals surface area contributed by atoms with Crippen LogP contribution in [0.15, 0.2) is 11.0 Å². The fourth-order valence-corrected chi connectivity index (χ4v) is 5.14. The van der Waals surface area contributed by atoms with Gasteiger partial charge in [-0.15, -0.1) is 11.8 Å². The lowest BCUT2D eigenvalue weighted by atomic mass is 9.68. The Kier molecular flexibility index (Phi) is 5.62. The number of thioether (sulfide) groups is 1. The van der Waals surface area contributed by atoms with Gasteiger partial charge in [0.25, 0.3) is 0 Å². The number of rotatable bonds is 4. The quantitative estimate of drug-likeness (QED) is 0.825. The first-order chi connectivity index (χ1) is 12.3. The van der Waals surface area contributed by atoms with Crippen molar-refractivity contribution in [3.05, 3.63) is 22.2 Å². The second-order valence-corrected chi connectivity index (χ2v) is 8.89. The fraction of sp³-hybridized carbons (Fsp3) is 0.722. The summed E-state index contributed by atoms with van der Waals surface area (Å²) in [5.41, 5.74) is 5.58. The number of aromatic nitrogens is 2. The molecule has 1 aromatic heterocycles. The molecule has 1 aliphatic heterocycles. The van der Waals surface area contributed by atoms with Crippen molar-refractivity contribution in [3.63, 3.8) is 0 Å². The van der Waals surface area contributed by atoms with Gasteiger partial charge in [0.15, 0.2) is 0 Å². The van der Waals surface area contributed by atoms with Gasteiger partial charge in [-0.3, -0.25) is 4.57 Å². The Labute approximate surface area is 157 Å². The number of hydrogen-bond donors (Lipinski definition) is 2. The lowest BCUT2D eigenvalue weighted by Gasteiger charge is -2.38. The van der Waals surface area contributed by atoms with Gasteiger partial charge in [-0.1, -0.05) is 27.2 Å². The van der Waals surface area contributed by atoms with Crippen molar-refractivity contribution >= 4 is 23.5 Å². The molecule has 2 fully saturated rings. The van der Waals surface area contributed by atoms with Crippen LogP contribution >= 0.6 is 11.8 Å². The van der Waals surface area contributed by atoms with Crippen LogP contribution in [0.2, 0.25) is 0 Å². The number of nitrogens with zero attached hydrogens (tertiary/aromatic N) is 2. The van der Waals surface area contributed by atoms with Crippen LogP contribution in [-0.4, -0.2) is 31.8 Å². The average molecular weight is 381 g/mol. The molecule has 1 saturated heterocycles. The predicted octanol–water partition coefficient (Wildman–Crippen LogP) is 2.67. The molecule has 3 N–H and O–H groups in total. The van der Waals surface area contributed by atoms with Crippen LogP contribution in [0.3, 0.4) is 0 Å². The number of aliphatic carboxylic acids is 1. The highest BCUT2D eigenvalue weighted by Gasteiger charge is 2.36. The van der Waals surface area contributed by atoms with Gasteiger partial charge < -0.3 is 15.6 Å². The van der Waals surface area contributed by atoms with Gasteiger partial charge in [0.1, 0.15) is 12.0 Å². The summed E-state index contributed by atoms with van der Waals surface area (Å²) in [5.74, 6) is 1.52. The monoisotopic (exact) mass is 381 g/mol. The maximum absolute atomic E-state index is 12.4. The molecule has 0 radical (unpaired) electrons. The number of anilines is 1.